The average Bonchev–Trinajstić information content (AvgIpc) is 0. The Morgan fingerprint density at radius 2 is 0.400 bits per heavy atom. The summed E-state index contributed by atoms with van der Waals surface area (Å²) < 4.78 is 0. The Bertz CT molecular complexity index is 13.6. The minimum atomic E-state index is 0. The Labute approximate surface area is 125 Å². The molecule has 0 bridgehead atoms. The molecule has 0 unspecified atom stereocenters. The van der Waals surface area contributed by atoms with Crippen molar-refractivity contribution in [3.63, 3.8) is 0 Å². The van der Waals surface area contributed by atoms with E-state index in [4.69, 9.17) is 0 Å². The molecular weight excluding hydrogens is 368 g/mol. The zero-order valence-corrected chi connectivity index (χ0v) is 11.8. The van der Waals surface area contributed by atoms with Crippen molar-refractivity contribution in [2.24, 2.45) is 0 Å². The molecule has 0 amide bonds. The van der Waals surface area contributed by atoms with Gasteiger partial charge in [-0.2, -0.15) is 0 Å². The van der Waals surface area contributed by atoms with Gasteiger partial charge in [-0.1, -0.05) is 0 Å². The van der Waals surface area contributed by atoms with Crippen LogP contribution in [-0.4, -0.2) is 48.9 Å². The van der Waals surface area contributed by atoms with E-state index in [1.807, 2.05) is 0 Å². The van der Waals surface area contributed by atoms with E-state index in [0.717, 1.165) is 0 Å². The molecule has 10 heteroatoms. The van der Waals surface area contributed by atoms with Gasteiger partial charge in [-0.3, -0.25) is 0 Å². The van der Waals surface area contributed by atoms with E-state index in [2.05, 4.69) is 0 Å². The van der Waals surface area contributed by atoms with Gasteiger partial charge in [-0.25, -0.2) is 0 Å². The summed E-state index contributed by atoms with van der Waals surface area (Å²) in [6, 6.07) is 0. The molecule has 0 aromatic carbocycles. The van der Waals surface area contributed by atoms with Crippen LogP contribution in [0.4, 0.5) is 0 Å². The summed E-state index contributed by atoms with van der Waals surface area (Å²) in [6.07, 6.45) is 0. The second-order valence-corrected chi connectivity index (χ2v) is 0. The Balaban J connectivity index is 0. The first-order chi connectivity index (χ1) is 0. The molecule has 0 radical (unpaired) electrons. The summed E-state index contributed by atoms with van der Waals surface area (Å²) in [5.41, 5.74) is 0. The summed E-state index contributed by atoms with van der Waals surface area (Å²) in [5, 5.41) is 0. The summed E-state index contributed by atoms with van der Waals surface area (Å²) in [4.78, 5) is 0. The largest absolute Gasteiger partial charge is 4.00 e. The normalized spacial score (nSPS) is 0. The average molecular weight is 368 g/mol. The molecule has 56 valence electrons. The fourth-order valence-electron chi connectivity index (χ4n) is 0. The van der Waals surface area contributed by atoms with E-state index in [-0.39, 0.29) is 127 Å². The summed E-state index contributed by atoms with van der Waals surface area (Å²) >= 11 is 0. The molecule has 0 heterocycles. The molecule has 0 nitrogen and oxygen atoms in total. The topological polar surface area (TPSA) is 0 Å². The molecule has 0 aliphatic heterocycles. The third-order valence-corrected chi connectivity index (χ3v) is 0. The van der Waals surface area contributed by atoms with Crippen molar-refractivity contribution in [2.75, 3.05) is 0 Å². The van der Waals surface area contributed by atoms with Crippen LogP contribution in [0.15, 0.2) is 0 Å². The minimum Gasteiger partial charge on any atom is -1.00 e. The van der Waals surface area contributed by atoms with Crippen LogP contribution in [0.3, 0.4) is 0 Å². The maximum Gasteiger partial charge on any atom is 4.00 e. The Morgan fingerprint density at radius 3 is 0.400 bits per heavy atom. The van der Waals surface area contributed by atoms with Gasteiger partial charge in [-0.15, -0.1) is 0 Å². The molecular formula is BaF7LiZr. The molecule has 0 aromatic heterocycles. The molecule has 0 atom stereocenters. The molecule has 0 fully saturated rings. The van der Waals surface area contributed by atoms with Crippen LogP contribution >= 0.6 is 0 Å². The quantitative estimate of drug-likeness (QED) is 0.294. The number of halogens is 7. The summed E-state index contributed by atoms with van der Waals surface area (Å²) in [5.74, 6) is 0. The molecule has 0 aliphatic rings. The van der Waals surface area contributed by atoms with Crippen LogP contribution in [-0.2, 0) is 26.2 Å². The van der Waals surface area contributed by atoms with Crippen LogP contribution in [0.1, 0.15) is 0 Å². The van der Waals surface area contributed by atoms with Crippen molar-refractivity contribution in [1.82, 2.24) is 0 Å². The van der Waals surface area contributed by atoms with Gasteiger partial charge in [0.2, 0.25) is 0 Å². The van der Waals surface area contributed by atoms with Gasteiger partial charge in [-0.05, 0) is 0 Å². The van der Waals surface area contributed by atoms with Crippen LogP contribution in [0, 0.1) is 0 Å². The summed E-state index contributed by atoms with van der Waals surface area (Å²) in [7, 11) is 0. The standard InChI is InChI=1S/Ba.7FH.Li.Zr/h;7*1H;;/q+2;;;;;;;;+1;+4/p-7. The van der Waals surface area contributed by atoms with Crippen molar-refractivity contribution in [1.29, 1.82) is 0 Å². The Kier molecular flexibility index (Phi) is 5030. The van der Waals surface area contributed by atoms with Gasteiger partial charge in [0.15, 0.2) is 0 Å². The second-order valence-electron chi connectivity index (χ2n) is 0. The number of rotatable bonds is 0. The first-order valence-corrected chi connectivity index (χ1v) is 0. The van der Waals surface area contributed by atoms with Crippen LogP contribution in [0.25, 0.3) is 0 Å². The predicted molar refractivity (Wildman–Crippen MR) is 5.75 cm³/mol. The third-order valence-electron chi connectivity index (χ3n) is 0. The monoisotopic (exact) mass is 368 g/mol. The second kappa shape index (κ2) is 197. The van der Waals surface area contributed by atoms with Crippen molar-refractivity contribution >= 4 is 48.9 Å². The molecule has 0 rings (SSSR count). The molecule has 10 heavy (non-hydrogen) atoms. The van der Waals surface area contributed by atoms with Gasteiger partial charge in [0, 0.05) is 0 Å². The molecule has 0 aliphatic carbocycles. The van der Waals surface area contributed by atoms with E-state index in [1.54, 1.807) is 0 Å². The van der Waals surface area contributed by atoms with E-state index in [1.165, 1.54) is 0 Å². The SMILES string of the molecule is [Ba+2].[F-].[F-].[F-].[F-].[F-].[F-].[F-].[Li+].[Zr+4]. The van der Waals surface area contributed by atoms with E-state index in [0.29, 0.717) is 0 Å². The van der Waals surface area contributed by atoms with E-state index in [9.17, 15) is 0 Å². The van der Waals surface area contributed by atoms with Gasteiger partial charge in [0.1, 0.15) is 0 Å². The Hall–Kier alpha value is 2.56. The van der Waals surface area contributed by atoms with Gasteiger partial charge < -0.3 is 32.9 Å². The van der Waals surface area contributed by atoms with Crippen LogP contribution < -0.4 is 51.8 Å². The molecule has 0 saturated carbocycles. The van der Waals surface area contributed by atoms with Crippen molar-refractivity contribution in [3.8, 4) is 0 Å². The zero-order valence-electron chi connectivity index (χ0n) is 4.85. The first kappa shape index (κ1) is 256. The fourth-order valence-corrected chi connectivity index (χ4v) is 0. The molecule has 0 spiro atoms. The molecule has 0 saturated heterocycles. The Morgan fingerprint density at radius 1 is 0.400 bits per heavy atom. The third kappa shape index (κ3) is 147. The predicted octanol–water partition coefficient (Wildman–Crippen LogP) is -24.4. The van der Waals surface area contributed by atoms with E-state index >= 15 is 0 Å². The minimum absolute atomic E-state index is 0. The maximum atomic E-state index is 0. The van der Waals surface area contributed by atoms with E-state index < -0.39 is 0 Å². The van der Waals surface area contributed by atoms with Crippen LogP contribution in [0.2, 0.25) is 0 Å². The van der Waals surface area contributed by atoms with Crippen molar-refractivity contribution in [2.45, 2.75) is 0 Å². The van der Waals surface area contributed by atoms with Gasteiger partial charge >= 0.3 is 93.9 Å². The molecule has 0 N–H and O–H groups in total. The number of hydrogen-bond donors (Lipinski definition) is 0. The van der Waals surface area contributed by atoms with Crippen molar-refractivity contribution in [3.05, 3.63) is 0 Å². The van der Waals surface area contributed by atoms with Crippen molar-refractivity contribution < 1.29 is 78.0 Å². The summed E-state index contributed by atoms with van der Waals surface area (Å²) in [6.45, 7) is 0. The number of hydrogen-bond acceptors (Lipinski definition) is 0. The van der Waals surface area contributed by atoms with Gasteiger partial charge in [0.05, 0.1) is 0 Å². The molecule has 0 aromatic rings. The van der Waals surface area contributed by atoms with Gasteiger partial charge in [0.25, 0.3) is 0 Å². The first-order valence-electron chi connectivity index (χ1n) is 0. The van der Waals surface area contributed by atoms with Crippen LogP contribution in [0.5, 0.6) is 0 Å². The maximum absolute atomic E-state index is 0. The fraction of sp³-hybridized carbons (Fsp3) is 0. The zero-order chi connectivity index (χ0) is 0. The smallest absolute Gasteiger partial charge is 1.00 e.